The Bertz CT molecular complexity index is 756. The molecule has 1 aliphatic carbocycles. The van der Waals surface area contributed by atoms with E-state index in [4.69, 9.17) is 19.0 Å². The van der Waals surface area contributed by atoms with Crippen molar-refractivity contribution in [1.29, 1.82) is 0 Å². The number of oxime groups is 1. The molecule has 0 radical (unpaired) electrons. The van der Waals surface area contributed by atoms with Gasteiger partial charge in [-0.05, 0) is 95.1 Å². The lowest BCUT2D eigenvalue weighted by molar-refractivity contribution is -0.0189. The highest BCUT2D eigenvalue weighted by Crippen LogP contribution is 2.32. The van der Waals surface area contributed by atoms with E-state index >= 15 is 0 Å². The lowest BCUT2D eigenvalue weighted by Gasteiger charge is -2.36. The molecule has 1 atom stereocenters. The summed E-state index contributed by atoms with van der Waals surface area (Å²) in [5.74, 6) is 2.13. The minimum Gasteiger partial charge on any atom is -0.490 e. The fraction of sp³-hybridized carbons (Fsp3) is 0.750. The largest absolute Gasteiger partial charge is 0.490 e. The maximum Gasteiger partial charge on any atom is 0.212 e. The van der Waals surface area contributed by atoms with Gasteiger partial charge < -0.3 is 29.1 Å². The fourth-order valence-corrected chi connectivity index (χ4v) is 5.05. The number of likely N-dealkylation sites (tertiary alicyclic amines) is 1. The van der Waals surface area contributed by atoms with E-state index < -0.39 is 5.60 Å². The molecule has 198 valence electrons. The predicted octanol–water partition coefficient (Wildman–Crippen LogP) is 5.19. The normalized spacial score (nSPS) is 20.1. The lowest BCUT2D eigenvalue weighted by Crippen LogP contribution is -2.45. The van der Waals surface area contributed by atoms with Gasteiger partial charge in [-0.1, -0.05) is 19.4 Å². The molecule has 2 aliphatic rings. The number of ether oxygens (including phenoxy) is 3. The van der Waals surface area contributed by atoms with Gasteiger partial charge in [-0.25, -0.2) is 0 Å². The zero-order chi connectivity index (χ0) is 24.9. The van der Waals surface area contributed by atoms with Crippen LogP contribution in [0.2, 0.25) is 0 Å². The number of piperidine rings is 1. The van der Waals surface area contributed by atoms with Crippen LogP contribution in [0.25, 0.3) is 0 Å². The lowest BCUT2D eigenvalue weighted by atomic mass is 9.95. The maximum absolute atomic E-state index is 10.6. The quantitative estimate of drug-likeness (QED) is 0.167. The molecular weight excluding hydrogens is 444 g/mol. The Kier molecular flexibility index (Phi) is 11.6. The van der Waals surface area contributed by atoms with E-state index in [0.29, 0.717) is 44.8 Å². The Morgan fingerprint density at radius 3 is 2.54 bits per heavy atom. The van der Waals surface area contributed by atoms with Crippen LogP contribution in [0.1, 0.15) is 77.7 Å². The highest BCUT2D eigenvalue weighted by atomic mass is 16.6. The van der Waals surface area contributed by atoms with E-state index in [1.54, 1.807) is 0 Å². The van der Waals surface area contributed by atoms with Gasteiger partial charge in [0.1, 0.15) is 5.75 Å². The monoisotopic (exact) mass is 490 g/mol. The van der Waals surface area contributed by atoms with Crippen LogP contribution < -0.4 is 9.57 Å². The summed E-state index contributed by atoms with van der Waals surface area (Å²) in [5.41, 5.74) is 0.346. The molecule has 7 heteroatoms. The minimum absolute atomic E-state index is 0.309. The second kappa shape index (κ2) is 14.7. The zero-order valence-electron chi connectivity index (χ0n) is 22.0. The van der Waals surface area contributed by atoms with Crippen LogP contribution in [-0.2, 0) is 15.9 Å². The highest BCUT2D eigenvalue weighted by Gasteiger charge is 2.27. The van der Waals surface area contributed by atoms with Crippen molar-refractivity contribution in [2.45, 2.75) is 90.3 Å². The second-order valence-electron chi connectivity index (χ2n) is 10.3. The first-order chi connectivity index (χ1) is 17.0. The van der Waals surface area contributed by atoms with Gasteiger partial charge in [0.2, 0.25) is 6.40 Å². The molecule has 0 bridgehead atoms. The number of hydrogen-bond acceptors (Lipinski definition) is 7. The van der Waals surface area contributed by atoms with Gasteiger partial charge in [0.25, 0.3) is 0 Å². The number of aliphatic hydroxyl groups is 1. The van der Waals surface area contributed by atoms with Crippen LogP contribution in [0.3, 0.4) is 0 Å². The molecule has 1 aromatic carbocycles. The van der Waals surface area contributed by atoms with Crippen molar-refractivity contribution < 1.29 is 24.2 Å². The summed E-state index contributed by atoms with van der Waals surface area (Å²) in [6.07, 6.45) is 11.4. The highest BCUT2D eigenvalue weighted by molar-refractivity contribution is 5.48. The van der Waals surface area contributed by atoms with Crippen LogP contribution in [0.15, 0.2) is 23.4 Å². The number of benzene rings is 1. The predicted molar refractivity (Wildman–Crippen MR) is 139 cm³/mol. The van der Waals surface area contributed by atoms with Crippen molar-refractivity contribution in [3.8, 4) is 11.5 Å². The number of hydrogen-bond donors (Lipinski definition) is 1. The average Bonchev–Trinajstić information content (AvgIpc) is 2.85. The summed E-state index contributed by atoms with van der Waals surface area (Å²) in [4.78, 5) is 8.02. The number of nitrogens with zero attached hydrogens (tertiary/aromatic N) is 2. The summed E-state index contributed by atoms with van der Waals surface area (Å²) in [7, 11) is 0. The number of rotatable bonds is 14. The van der Waals surface area contributed by atoms with E-state index in [9.17, 15) is 5.11 Å². The standard InChI is InChI=1S/C28H46N2O5/c1-4-25-26(34-24-10-7-6-8-11-24)12-9-13-27(25)35-29-22-33-20-23-14-17-30(18-15-23)21-28(3,31)16-19-32-5-2/h9,12-13,22-24,31H,4-8,10-11,14-21H2,1-3H3/b29-22+. The van der Waals surface area contributed by atoms with E-state index in [2.05, 4.69) is 17.0 Å². The second-order valence-corrected chi connectivity index (χ2v) is 10.3. The Balaban J connectivity index is 1.37. The third-order valence-electron chi connectivity index (χ3n) is 7.15. The molecule has 3 rings (SSSR count). The summed E-state index contributed by atoms with van der Waals surface area (Å²) in [6.45, 7) is 10.6. The number of β-amino-alcohol motifs (C(OH)–C–C–N with tert-alkyl or cyclic N) is 1. The first-order valence-corrected chi connectivity index (χ1v) is 13.6. The van der Waals surface area contributed by atoms with Crippen molar-refractivity contribution in [3.63, 3.8) is 0 Å². The van der Waals surface area contributed by atoms with Gasteiger partial charge in [0.05, 0.1) is 18.3 Å². The molecule has 1 saturated heterocycles. The zero-order valence-corrected chi connectivity index (χ0v) is 22.0. The Hall–Kier alpha value is -1.83. The van der Waals surface area contributed by atoms with Crippen molar-refractivity contribution in [3.05, 3.63) is 23.8 Å². The maximum atomic E-state index is 10.6. The van der Waals surface area contributed by atoms with E-state index in [-0.39, 0.29) is 0 Å². The molecule has 0 amide bonds. The molecule has 1 saturated carbocycles. The molecule has 1 unspecified atom stereocenters. The molecule has 7 nitrogen and oxygen atoms in total. The Morgan fingerprint density at radius 1 is 1.09 bits per heavy atom. The van der Waals surface area contributed by atoms with Gasteiger partial charge in [-0.2, -0.15) is 0 Å². The SMILES string of the molecule is CCOCCC(C)(O)CN1CCC(CO/C=N/Oc2cccc(OC3CCCCC3)c2CC)CC1. The van der Waals surface area contributed by atoms with E-state index in [1.807, 2.05) is 32.0 Å². The molecule has 35 heavy (non-hydrogen) atoms. The minimum atomic E-state index is -0.710. The van der Waals surface area contributed by atoms with Crippen molar-refractivity contribution >= 4 is 6.40 Å². The Labute approximate surface area is 211 Å². The third kappa shape index (κ3) is 9.62. The van der Waals surface area contributed by atoms with E-state index in [0.717, 1.165) is 62.3 Å². The summed E-state index contributed by atoms with van der Waals surface area (Å²) in [6, 6.07) is 5.93. The first kappa shape index (κ1) is 27.8. The van der Waals surface area contributed by atoms with Gasteiger partial charge in [-0.3, -0.25) is 0 Å². The first-order valence-electron chi connectivity index (χ1n) is 13.6. The molecular formula is C28H46N2O5. The molecule has 0 spiro atoms. The smallest absolute Gasteiger partial charge is 0.212 e. The molecule has 1 aliphatic heterocycles. The molecule has 2 fully saturated rings. The van der Waals surface area contributed by atoms with Crippen LogP contribution in [0.5, 0.6) is 11.5 Å². The van der Waals surface area contributed by atoms with Gasteiger partial charge in [-0.15, -0.1) is 0 Å². The molecule has 1 aromatic rings. The van der Waals surface area contributed by atoms with Crippen molar-refractivity contribution in [2.24, 2.45) is 11.1 Å². The third-order valence-corrected chi connectivity index (χ3v) is 7.15. The molecule has 1 heterocycles. The molecule has 1 N–H and O–H groups in total. The van der Waals surface area contributed by atoms with E-state index in [1.165, 1.54) is 25.7 Å². The molecule has 0 aromatic heterocycles. The topological polar surface area (TPSA) is 72.8 Å². The average molecular weight is 491 g/mol. The van der Waals surface area contributed by atoms with Crippen molar-refractivity contribution in [2.75, 3.05) is 39.5 Å². The van der Waals surface area contributed by atoms with Crippen LogP contribution >= 0.6 is 0 Å². The van der Waals surface area contributed by atoms with Gasteiger partial charge in [0, 0.05) is 31.7 Å². The summed E-state index contributed by atoms with van der Waals surface area (Å²) < 4.78 is 17.4. The van der Waals surface area contributed by atoms with Crippen molar-refractivity contribution in [1.82, 2.24) is 4.90 Å². The van der Waals surface area contributed by atoms with Crippen LogP contribution in [0, 0.1) is 5.92 Å². The summed E-state index contributed by atoms with van der Waals surface area (Å²) >= 11 is 0. The van der Waals surface area contributed by atoms with Gasteiger partial charge >= 0.3 is 0 Å². The summed E-state index contributed by atoms with van der Waals surface area (Å²) in [5, 5.41) is 14.7. The van der Waals surface area contributed by atoms with Crippen LogP contribution in [0.4, 0.5) is 0 Å². The Morgan fingerprint density at radius 2 is 1.83 bits per heavy atom. The fourth-order valence-electron chi connectivity index (χ4n) is 5.05. The van der Waals surface area contributed by atoms with Gasteiger partial charge in [0.15, 0.2) is 5.75 Å². The van der Waals surface area contributed by atoms with Crippen LogP contribution in [-0.4, -0.2) is 67.6 Å².